The Balaban J connectivity index is 1.70. The maximum absolute atomic E-state index is 11.5. The first-order valence-electron chi connectivity index (χ1n) is 8.87. The number of piperazine rings is 1. The molecule has 1 aliphatic heterocycles. The van der Waals surface area contributed by atoms with E-state index in [4.69, 9.17) is 0 Å². The van der Waals surface area contributed by atoms with E-state index in [0.29, 0.717) is 23.3 Å². The van der Waals surface area contributed by atoms with Crippen LogP contribution in [0.1, 0.15) is 11.1 Å². The van der Waals surface area contributed by atoms with Gasteiger partial charge in [0.15, 0.2) is 5.65 Å². The summed E-state index contributed by atoms with van der Waals surface area (Å²) in [5.41, 5.74) is 2.08. The lowest BCUT2D eigenvalue weighted by Crippen LogP contribution is -2.44. The lowest BCUT2D eigenvalue weighted by Gasteiger charge is -2.33. The number of para-hydroxylation sites is 1. The van der Waals surface area contributed by atoms with Gasteiger partial charge in [0.1, 0.15) is 12.1 Å². The molecule has 4 rings (SSSR count). The molecule has 9 nitrogen and oxygen atoms in total. The normalized spacial score (nSPS) is 15.4. The largest absolute Gasteiger partial charge is 0.353 e. The number of nitrogens with zero attached hydrogens (tertiary/aromatic N) is 7. The zero-order valence-electron chi connectivity index (χ0n) is 15.4. The standard InChI is InChI=1S/C18H21N7O2/c1-13-4-3-5-14(16(13)25(26)27)11-24-18-15(10-21-24)17(19-12-20-18)23-8-6-22(2)7-9-23/h3-5,10,12H,6-9,11H2,1-2H3. The van der Waals surface area contributed by atoms with E-state index in [1.165, 1.54) is 0 Å². The molecule has 3 aromatic rings. The Kier molecular flexibility index (Phi) is 4.44. The van der Waals surface area contributed by atoms with Crippen molar-refractivity contribution in [2.75, 3.05) is 38.1 Å². The van der Waals surface area contributed by atoms with Crippen molar-refractivity contribution in [2.24, 2.45) is 0 Å². The molecule has 0 spiro atoms. The monoisotopic (exact) mass is 367 g/mol. The molecule has 9 heteroatoms. The lowest BCUT2D eigenvalue weighted by molar-refractivity contribution is -0.386. The molecule has 3 heterocycles. The first-order chi connectivity index (χ1) is 13.0. The molecule has 1 aromatic carbocycles. The van der Waals surface area contributed by atoms with Crippen LogP contribution in [-0.4, -0.2) is 62.8 Å². The second-order valence-corrected chi connectivity index (χ2v) is 6.87. The summed E-state index contributed by atoms with van der Waals surface area (Å²) in [5.74, 6) is 0.873. The maximum atomic E-state index is 11.5. The molecule has 0 atom stereocenters. The van der Waals surface area contributed by atoms with Gasteiger partial charge in [-0.15, -0.1) is 0 Å². The van der Waals surface area contributed by atoms with E-state index in [1.54, 1.807) is 36.3 Å². The minimum Gasteiger partial charge on any atom is -0.353 e. The number of hydrogen-bond donors (Lipinski definition) is 0. The lowest BCUT2D eigenvalue weighted by atomic mass is 10.1. The molecule has 0 saturated carbocycles. The molecule has 2 aromatic heterocycles. The Morgan fingerprint density at radius 2 is 1.96 bits per heavy atom. The molecule has 0 amide bonds. The molecule has 1 fully saturated rings. The Hall–Kier alpha value is -3.07. The first kappa shape index (κ1) is 17.3. The number of fused-ring (bicyclic) bond motifs is 1. The summed E-state index contributed by atoms with van der Waals surface area (Å²) in [6, 6.07) is 5.34. The smallest absolute Gasteiger partial charge is 0.277 e. The van der Waals surface area contributed by atoms with Crippen molar-refractivity contribution in [1.82, 2.24) is 24.6 Å². The van der Waals surface area contributed by atoms with Crippen LogP contribution in [0, 0.1) is 17.0 Å². The van der Waals surface area contributed by atoms with E-state index in [0.717, 1.165) is 37.4 Å². The highest BCUT2D eigenvalue weighted by Gasteiger charge is 2.21. The predicted octanol–water partition coefficient (Wildman–Crippen LogP) is 1.84. The van der Waals surface area contributed by atoms with Crippen LogP contribution in [0.4, 0.5) is 11.5 Å². The fourth-order valence-electron chi connectivity index (χ4n) is 3.54. The topological polar surface area (TPSA) is 93.2 Å². The summed E-state index contributed by atoms with van der Waals surface area (Å²) < 4.78 is 1.71. The molecule has 0 aliphatic carbocycles. The molecule has 0 N–H and O–H groups in total. The third-order valence-electron chi connectivity index (χ3n) is 5.04. The van der Waals surface area contributed by atoms with Crippen molar-refractivity contribution in [3.05, 3.63) is 52.0 Å². The maximum Gasteiger partial charge on any atom is 0.277 e. The quantitative estimate of drug-likeness (QED) is 0.513. The van der Waals surface area contributed by atoms with E-state index in [2.05, 4.69) is 31.9 Å². The van der Waals surface area contributed by atoms with Crippen molar-refractivity contribution < 1.29 is 4.92 Å². The number of anilines is 1. The van der Waals surface area contributed by atoms with Crippen LogP contribution < -0.4 is 4.90 Å². The highest BCUT2D eigenvalue weighted by Crippen LogP contribution is 2.27. The summed E-state index contributed by atoms with van der Waals surface area (Å²) in [6.45, 7) is 5.80. The van der Waals surface area contributed by atoms with E-state index >= 15 is 0 Å². The van der Waals surface area contributed by atoms with Crippen LogP contribution in [0.3, 0.4) is 0 Å². The first-order valence-corrected chi connectivity index (χ1v) is 8.87. The summed E-state index contributed by atoms with van der Waals surface area (Å²) in [7, 11) is 2.11. The van der Waals surface area contributed by atoms with Gasteiger partial charge in [-0.3, -0.25) is 10.1 Å². The highest BCUT2D eigenvalue weighted by atomic mass is 16.6. The van der Waals surface area contributed by atoms with Gasteiger partial charge in [-0.1, -0.05) is 18.2 Å². The minimum atomic E-state index is -0.332. The summed E-state index contributed by atoms with van der Waals surface area (Å²) in [4.78, 5) is 24.5. The number of hydrogen-bond acceptors (Lipinski definition) is 7. The van der Waals surface area contributed by atoms with E-state index in [1.807, 2.05) is 6.07 Å². The van der Waals surface area contributed by atoms with Gasteiger partial charge >= 0.3 is 0 Å². The Morgan fingerprint density at radius 3 is 2.70 bits per heavy atom. The van der Waals surface area contributed by atoms with Gasteiger partial charge in [0.05, 0.1) is 28.6 Å². The summed E-state index contributed by atoms with van der Waals surface area (Å²) in [5, 5.41) is 16.8. The van der Waals surface area contributed by atoms with Gasteiger partial charge in [0, 0.05) is 31.7 Å². The zero-order chi connectivity index (χ0) is 19.0. The molecule has 1 saturated heterocycles. The van der Waals surface area contributed by atoms with Crippen molar-refractivity contribution >= 4 is 22.5 Å². The molecule has 140 valence electrons. The SMILES string of the molecule is Cc1cccc(Cn2ncc3c(N4CCN(C)CC4)ncnc32)c1[N+](=O)[O-]. The summed E-state index contributed by atoms with van der Waals surface area (Å²) >= 11 is 0. The number of likely N-dealkylation sites (N-methyl/N-ethyl adjacent to an activating group) is 1. The molecule has 1 aliphatic rings. The molecular weight excluding hydrogens is 346 g/mol. The highest BCUT2D eigenvalue weighted by molar-refractivity contribution is 5.86. The zero-order valence-corrected chi connectivity index (χ0v) is 15.4. The third-order valence-corrected chi connectivity index (χ3v) is 5.04. The van der Waals surface area contributed by atoms with Gasteiger partial charge in [-0.2, -0.15) is 5.10 Å². The molecule has 27 heavy (non-hydrogen) atoms. The predicted molar refractivity (Wildman–Crippen MR) is 102 cm³/mol. The second-order valence-electron chi connectivity index (χ2n) is 6.87. The minimum absolute atomic E-state index is 0.134. The van der Waals surface area contributed by atoms with E-state index in [9.17, 15) is 10.1 Å². The fourth-order valence-corrected chi connectivity index (χ4v) is 3.54. The molecule has 0 radical (unpaired) electrons. The van der Waals surface area contributed by atoms with Crippen LogP contribution in [0.15, 0.2) is 30.7 Å². The van der Waals surface area contributed by atoms with Crippen LogP contribution in [0.25, 0.3) is 11.0 Å². The Bertz CT molecular complexity index is 993. The van der Waals surface area contributed by atoms with Crippen LogP contribution in [-0.2, 0) is 6.54 Å². The number of benzene rings is 1. The Morgan fingerprint density at radius 1 is 1.19 bits per heavy atom. The van der Waals surface area contributed by atoms with Crippen LogP contribution >= 0.6 is 0 Å². The van der Waals surface area contributed by atoms with Gasteiger partial charge in [0.2, 0.25) is 0 Å². The van der Waals surface area contributed by atoms with E-state index in [-0.39, 0.29) is 10.6 Å². The average Bonchev–Trinajstić information content (AvgIpc) is 3.05. The van der Waals surface area contributed by atoms with Crippen LogP contribution in [0.5, 0.6) is 0 Å². The number of rotatable bonds is 4. The number of nitro benzene ring substituents is 1. The second kappa shape index (κ2) is 6.92. The van der Waals surface area contributed by atoms with Gasteiger partial charge in [0.25, 0.3) is 5.69 Å². The van der Waals surface area contributed by atoms with Crippen molar-refractivity contribution in [1.29, 1.82) is 0 Å². The fraction of sp³-hybridized carbons (Fsp3) is 0.389. The van der Waals surface area contributed by atoms with Crippen molar-refractivity contribution in [3.8, 4) is 0 Å². The molecule has 0 bridgehead atoms. The summed E-state index contributed by atoms with van der Waals surface area (Å²) in [6.07, 6.45) is 3.30. The average molecular weight is 367 g/mol. The Labute approximate surface area is 156 Å². The van der Waals surface area contributed by atoms with E-state index < -0.39 is 0 Å². The number of aromatic nitrogens is 4. The van der Waals surface area contributed by atoms with Gasteiger partial charge < -0.3 is 9.80 Å². The van der Waals surface area contributed by atoms with Gasteiger partial charge in [-0.25, -0.2) is 14.6 Å². The van der Waals surface area contributed by atoms with Crippen molar-refractivity contribution in [2.45, 2.75) is 13.5 Å². The van der Waals surface area contributed by atoms with Crippen molar-refractivity contribution in [3.63, 3.8) is 0 Å². The third kappa shape index (κ3) is 3.21. The van der Waals surface area contributed by atoms with Gasteiger partial charge in [-0.05, 0) is 14.0 Å². The van der Waals surface area contributed by atoms with Crippen LogP contribution in [0.2, 0.25) is 0 Å². The number of aryl methyl sites for hydroxylation is 1. The molecular formula is C18H21N7O2. The molecule has 0 unspecified atom stereocenters. The number of nitro groups is 1.